The Bertz CT molecular complexity index is 1090. The third-order valence-electron chi connectivity index (χ3n) is 4.44. The molecule has 0 fully saturated rings. The van der Waals surface area contributed by atoms with E-state index in [1.165, 1.54) is 39.3 Å². The van der Waals surface area contributed by atoms with E-state index in [-0.39, 0.29) is 4.90 Å². The minimum atomic E-state index is -3.91. The van der Waals surface area contributed by atoms with Crippen LogP contribution in [-0.4, -0.2) is 31.2 Å². The van der Waals surface area contributed by atoms with Gasteiger partial charge >= 0.3 is 0 Å². The average molecular weight is 384 g/mol. The number of carbonyl (C=O) groups is 1. The van der Waals surface area contributed by atoms with Crippen LogP contribution in [0.15, 0.2) is 65.7 Å². The van der Waals surface area contributed by atoms with E-state index in [0.29, 0.717) is 11.4 Å². The molecule has 0 aliphatic heterocycles. The van der Waals surface area contributed by atoms with Crippen LogP contribution in [0, 0.1) is 0 Å². The Kier molecular flexibility index (Phi) is 4.89. The fraction of sp³-hybridized carbons (Fsp3) is 0.200. The molecule has 0 bridgehead atoms. The second-order valence-electron chi connectivity index (χ2n) is 6.56. The Morgan fingerprint density at radius 3 is 2.41 bits per heavy atom. The molecule has 0 atom stereocenters. The quantitative estimate of drug-likeness (QED) is 0.728. The molecule has 0 aliphatic rings. The van der Waals surface area contributed by atoms with Crippen molar-refractivity contribution in [3.63, 3.8) is 0 Å². The van der Waals surface area contributed by atoms with Crippen molar-refractivity contribution in [2.24, 2.45) is 0 Å². The van der Waals surface area contributed by atoms with E-state index < -0.39 is 20.5 Å². The van der Waals surface area contributed by atoms with Crippen LogP contribution in [-0.2, 0) is 14.6 Å². The molecule has 0 radical (unpaired) electrons. The summed E-state index contributed by atoms with van der Waals surface area (Å²) < 4.78 is 29.3. The molecule has 0 unspecified atom stereocenters. The molecule has 3 rings (SSSR count). The van der Waals surface area contributed by atoms with Crippen molar-refractivity contribution in [1.82, 2.24) is 4.98 Å². The fourth-order valence-electron chi connectivity index (χ4n) is 2.59. The number of carbonyl (C=O) groups excluding carboxylic acids is 1. The van der Waals surface area contributed by atoms with Gasteiger partial charge in [-0.1, -0.05) is 18.2 Å². The molecule has 6 nitrogen and oxygen atoms in total. The molecule has 0 spiro atoms. The number of amides is 1. The van der Waals surface area contributed by atoms with Crippen LogP contribution in [0.2, 0.25) is 0 Å². The van der Waals surface area contributed by atoms with Crippen LogP contribution in [0.1, 0.15) is 13.8 Å². The van der Waals surface area contributed by atoms with Crippen LogP contribution >= 0.6 is 0 Å². The monoisotopic (exact) mass is 384 g/mol. The molecule has 0 saturated carbocycles. The summed E-state index contributed by atoms with van der Waals surface area (Å²) in [6, 6.07) is 15.2. The van der Waals surface area contributed by atoms with E-state index in [1.54, 1.807) is 18.2 Å². The molecule has 1 N–H and O–H groups in total. The average Bonchev–Trinajstić information content (AvgIpc) is 2.67. The number of sulfone groups is 1. The van der Waals surface area contributed by atoms with E-state index in [2.05, 4.69) is 10.3 Å². The predicted octanol–water partition coefficient (Wildman–Crippen LogP) is 3.43. The zero-order valence-electron chi connectivity index (χ0n) is 15.3. The Balaban J connectivity index is 1.88. The molecule has 7 heteroatoms. The lowest BCUT2D eigenvalue weighted by atomic mass is 10.1. The summed E-state index contributed by atoms with van der Waals surface area (Å²) in [7, 11) is -2.41. The topological polar surface area (TPSA) is 85.4 Å². The maximum atomic E-state index is 13.0. The summed E-state index contributed by atoms with van der Waals surface area (Å²) >= 11 is 0. The highest BCUT2D eigenvalue weighted by Crippen LogP contribution is 2.28. The van der Waals surface area contributed by atoms with E-state index in [0.717, 1.165) is 10.9 Å². The Labute approximate surface area is 158 Å². The number of methoxy groups -OCH3 is 1. The number of aromatic nitrogens is 1. The molecule has 27 heavy (non-hydrogen) atoms. The summed E-state index contributed by atoms with van der Waals surface area (Å²) in [4.78, 5) is 17.1. The number of anilines is 1. The Morgan fingerprint density at radius 1 is 1.07 bits per heavy atom. The fourth-order valence-corrected chi connectivity index (χ4v) is 3.97. The summed E-state index contributed by atoms with van der Waals surface area (Å²) in [5, 5.41) is 3.52. The van der Waals surface area contributed by atoms with Crippen LogP contribution in [0.4, 0.5) is 5.69 Å². The first-order chi connectivity index (χ1) is 12.8. The molecule has 1 heterocycles. The number of para-hydroxylation sites is 1. The second-order valence-corrected chi connectivity index (χ2v) is 9.06. The molecule has 1 aromatic heterocycles. The lowest BCUT2D eigenvalue weighted by molar-refractivity contribution is -0.117. The highest BCUT2D eigenvalue weighted by atomic mass is 32.2. The highest BCUT2D eigenvalue weighted by Gasteiger charge is 2.42. The maximum Gasteiger partial charge on any atom is 0.245 e. The first kappa shape index (κ1) is 18.8. The largest absolute Gasteiger partial charge is 0.497 e. The summed E-state index contributed by atoms with van der Waals surface area (Å²) in [6.45, 7) is 2.77. The third kappa shape index (κ3) is 3.50. The molecular weight excluding hydrogens is 364 g/mol. The minimum absolute atomic E-state index is 0.0556. The molecule has 0 aliphatic carbocycles. The van der Waals surface area contributed by atoms with Crippen molar-refractivity contribution in [1.29, 1.82) is 0 Å². The minimum Gasteiger partial charge on any atom is -0.497 e. The summed E-state index contributed by atoms with van der Waals surface area (Å²) in [5.41, 5.74) is 1.23. The first-order valence-electron chi connectivity index (χ1n) is 8.30. The summed E-state index contributed by atoms with van der Waals surface area (Å²) in [5.74, 6) is -0.0890. The zero-order valence-corrected chi connectivity index (χ0v) is 16.1. The third-order valence-corrected chi connectivity index (χ3v) is 6.86. The molecule has 140 valence electrons. The van der Waals surface area contributed by atoms with Gasteiger partial charge in [-0.05, 0) is 50.2 Å². The highest BCUT2D eigenvalue weighted by molar-refractivity contribution is 7.93. The standard InChI is InChI=1S/C20H20N2O4S/c1-20(2,27(24,25)17-10-8-16(26-3)9-11-17)19(23)22-15-12-14-6-4-5-7-18(14)21-13-15/h4-13H,1-3H3,(H,22,23). The zero-order chi connectivity index (χ0) is 19.7. The van der Waals surface area contributed by atoms with Crippen molar-refractivity contribution in [3.05, 3.63) is 60.8 Å². The van der Waals surface area contributed by atoms with Crippen molar-refractivity contribution in [2.75, 3.05) is 12.4 Å². The molecule has 3 aromatic rings. The second kappa shape index (κ2) is 7.00. The number of nitrogens with one attached hydrogen (secondary N) is 1. The Morgan fingerprint density at radius 2 is 1.74 bits per heavy atom. The smallest absolute Gasteiger partial charge is 0.245 e. The number of nitrogens with zero attached hydrogens (tertiary/aromatic N) is 1. The van der Waals surface area contributed by atoms with Gasteiger partial charge < -0.3 is 10.1 Å². The van der Waals surface area contributed by atoms with E-state index in [4.69, 9.17) is 4.74 Å². The number of fused-ring (bicyclic) bond motifs is 1. The maximum absolute atomic E-state index is 13.0. The number of pyridine rings is 1. The number of benzene rings is 2. The van der Waals surface area contributed by atoms with Crippen LogP contribution in [0.5, 0.6) is 5.75 Å². The van der Waals surface area contributed by atoms with Gasteiger partial charge in [0.05, 0.1) is 29.4 Å². The van der Waals surface area contributed by atoms with Crippen molar-refractivity contribution < 1.29 is 17.9 Å². The predicted molar refractivity (Wildman–Crippen MR) is 105 cm³/mol. The van der Waals surface area contributed by atoms with Gasteiger partial charge in [0.25, 0.3) is 0 Å². The van der Waals surface area contributed by atoms with Gasteiger partial charge in [-0.2, -0.15) is 0 Å². The van der Waals surface area contributed by atoms with Gasteiger partial charge in [-0.3, -0.25) is 9.78 Å². The summed E-state index contributed by atoms with van der Waals surface area (Å²) in [6.07, 6.45) is 1.51. The number of rotatable bonds is 5. The van der Waals surface area contributed by atoms with Gasteiger partial charge in [-0.15, -0.1) is 0 Å². The molecular formula is C20H20N2O4S. The number of hydrogen-bond donors (Lipinski definition) is 1. The number of hydrogen-bond acceptors (Lipinski definition) is 5. The van der Waals surface area contributed by atoms with Gasteiger partial charge in [0.2, 0.25) is 5.91 Å². The normalized spacial score (nSPS) is 12.0. The SMILES string of the molecule is COc1ccc(S(=O)(=O)C(C)(C)C(=O)Nc2cnc3ccccc3c2)cc1. The van der Waals surface area contributed by atoms with Crippen molar-refractivity contribution in [3.8, 4) is 5.75 Å². The van der Waals surface area contributed by atoms with E-state index >= 15 is 0 Å². The number of ether oxygens (including phenoxy) is 1. The van der Waals surface area contributed by atoms with Crippen LogP contribution in [0.25, 0.3) is 10.9 Å². The van der Waals surface area contributed by atoms with E-state index in [1.807, 2.05) is 24.3 Å². The molecule has 1 amide bonds. The van der Waals surface area contributed by atoms with Crippen molar-refractivity contribution >= 4 is 32.3 Å². The van der Waals surface area contributed by atoms with Crippen LogP contribution < -0.4 is 10.1 Å². The van der Waals surface area contributed by atoms with Gasteiger partial charge in [0.1, 0.15) is 10.5 Å². The van der Waals surface area contributed by atoms with Gasteiger partial charge in [-0.25, -0.2) is 8.42 Å². The molecule has 2 aromatic carbocycles. The molecule has 0 saturated heterocycles. The lowest BCUT2D eigenvalue weighted by Gasteiger charge is -2.24. The van der Waals surface area contributed by atoms with Gasteiger partial charge in [0.15, 0.2) is 9.84 Å². The van der Waals surface area contributed by atoms with Crippen LogP contribution in [0.3, 0.4) is 0 Å². The Hall–Kier alpha value is -2.93. The van der Waals surface area contributed by atoms with Gasteiger partial charge in [0, 0.05) is 5.39 Å². The lowest BCUT2D eigenvalue weighted by Crippen LogP contribution is -2.44. The first-order valence-corrected chi connectivity index (χ1v) is 9.79. The van der Waals surface area contributed by atoms with Crippen molar-refractivity contribution in [2.45, 2.75) is 23.5 Å². The van der Waals surface area contributed by atoms with E-state index in [9.17, 15) is 13.2 Å².